The number of methoxy groups -OCH3 is 1. The molecule has 4 heteroatoms. The van der Waals surface area contributed by atoms with Crippen molar-refractivity contribution in [2.24, 2.45) is 0 Å². The molecule has 0 spiro atoms. The highest BCUT2D eigenvalue weighted by molar-refractivity contribution is 5.17. The first-order valence-corrected chi connectivity index (χ1v) is 5.29. The van der Waals surface area contributed by atoms with E-state index < -0.39 is 11.6 Å². The number of nitrogens with one attached hydrogen (secondary N) is 1. The van der Waals surface area contributed by atoms with Crippen molar-refractivity contribution in [1.29, 1.82) is 0 Å². The molecule has 0 saturated heterocycles. The summed E-state index contributed by atoms with van der Waals surface area (Å²) < 4.78 is 30.5. The van der Waals surface area contributed by atoms with Crippen LogP contribution in [-0.4, -0.2) is 19.8 Å². The molecule has 0 saturated carbocycles. The van der Waals surface area contributed by atoms with E-state index in [4.69, 9.17) is 4.74 Å². The van der Waals surface area contributed by atoms with Crippen molar-refractivity contribution in [3.63, 3.8) is 0 Å². The summed E-state index contributed by atoms with van der Waals surface area (Å²) in [6, 6.07) is 4.22. The summed E-state index contributed by atoms with van der Waals surface area (Å²) in [5.41, 5.74) is 0.739. The van der Waals surface area contributed by atoms with E-state index in [0.717, 1.165) is 18.1 Å². The number of rotatable bonds is 6. The minimum atomic E-state index is -0.809. The number of hydrogen-bond acceptors (Lipinski definition) is 2. The number of ether oxygens (including phenoxy) is 1. The molecule has 0 amide bonds. The third-order valence-corrected chi connectivity index (χ3v) is 2.39. The highest BCUT2D eigenvalue weighted by Gasteiger charge is 2.04. The Balaban J connectivity index is 2.39. The van der Waals surface area contributed by atoms with E-state index >= 15 is 0 Å². The minimum Gasteiger partial charge on any atom is -0.385 e. The van der Waals surface area contributed by atoms with E-state index in [2.05, 4.69) is 5.32 Å². The van der Waals surface area contributed by atoms with Gasteiger partial charge in [-0.1, -0.05) is 6.07 Å². The van der Waals surface area contributed by atoms with Gasteiger partial charge in [0.05, 0.1) is 0 Å². The maximum absolute atomic E-state index is 12.9. The van der Waals surface area contributed by atoms with Gasteiger partial charge in [0.15, 0.2) is 11.6 Å². The van der Waals surface area contributed by atoms with E-state index in [9.17, 15) is 8.78 Å². The van der Waals surface area contributed by atoms with Crippen molar-refractivity contribution in [3.05, 3.63) is 35.4 Å². The van der Waals surface area contributed by atoms with Crippen molar-refractivity contribution >= 4 is 0 Å². The first-order chi connectivity index (χ1) is 7.63. The summed E-state index contributed by atoms with van der Waals surface area (Å²) in [5, 5.41) is 3.21. The van der Waals surface area contributed by atoms with Gasteiger partial charge in [0.2, 0.25) is 0 Å². The fourth-order valence-electron chi connectivity index (χ4n) is 1.34. The molecule has 0 aliphatic carbocycles. The molecule has 1 aromatic rings. The second-order valence-electron chi connectivity index (χ2n) is 3.81. The lowest BCUT2D eigenvalue weighted by molar-refractivity contribution is 0.184. The topological polar surface area (TPSA) is 21.3 Å². The Morgan fingerprint density at radius 1 is 1.31 bits per heavy atom. The van der Waals surface area contributed by atoms with Gasteiger partial charge in [-0.25, -0.2) is 8.78 Å². The first kappa shape index (κ1) is 13.1. The van der Waals surface area contributed by atoms with Crippen LogP contribution in [0, 0.1) is 11.6 Å². The van der Waals surface area contributed by atoms with E-state index in [-0.39, 0.29) is 6.04 Å². The predicted octanol–water partition coefficient (Wildman–Crippen LogP) is 2.48. The zero-order chi connectivity index (χ0) is 12.0. The Bertz CT molecular complexity index is 331. The summed E-state index contributed by atoms with van der Waals surface area (Å²) in [5.74, 6) is -1.61. The largest absolute Gasteiger partial charge is 0.385 e. The molecule has 0 bridgehead atoms. The molecule has 1 N–H and O–H groups in total. The Hall–Kier alpha value is -1.00. The summed E-state index contributed by atoms with van der Waals surface area (Å²) in [7, 11) is 1.65. The van der Waals surface area contributed by atoms with Crippen LogP contribution in [-0.2, 0) is 11.3 Å². The highest BCUT2D eigenvalue weighted by Crippen LogP contribution is 2.08. The van der Waals surface area contributed by atoms with E-state index in [0.29, 0.717) is 13.2 Å². The predicted molar refractivity (Wildman–Crippen MR) is 59.2 cm³/mol. The summed E-state index contributed by atoms with van der Waals surface area (Å²) >= 11 is 0. The van der Waals surface area contributed by atoms with Crippen molar-refractivity contribution in [3.8, 4) is 0 Å². The van der Waals surface area contributed by atoms with Crippen LogP contribution in [0.5, 0.6) is 0 Å². The molecule has 0 fully saturated rings. The van der Waals surface area contributed by atoms with Gasteiger partial charge < -0.3 is 10.1 Å². The summed E-state index contributed by atoms with van der Waals surface area (Å²) in [4.78, 5) is 0. The molecule has 16 heavy (non-hydrogen) atoms. The van der Waals surface area contributed by atoms with Crippen LogP contribution in [0.4, 0.5) is 8.78 Å². The van der Waals surface area contributed by atoms with Gasteiger partial charge >= 0.3 is 0 Å². The molecular weight excluding hydrogens is 212 g/mol. The lowest BCUT2D eigenvalue weighted by Crippen LogP contribution is -2.26. The van der Waals surface area contributed by atoms with Gasteiger partial charge in [0, 0.05) is 26.3 Å². The van der Waals surface area contributed by atoms with Crippen LogP contribution in [0.1, 0.15) is 18.9 Å². The number of hydrogen-bond donors (Lipinski definition) is 1. The quantitative estimate of drug-likeness (QED) is 0.809. The van der Waals surface area contributed by atoms with E-state index in [1.54, 1.807) is 13.2 Å². The van der Waals surface area contributed by atoms with Crippen LogP contribution in [0.2, 0.25) is 0 Å². The Morgan fingerprint density at radius 2 is 2.06 bits per heavy atom. The van der Waals surface area contributed by atoms with Crippen molar-refractivity contribution < 1.29 is 13.5 Å². The van der Waals surface area contributed by atoms with Gasteiger partial charge in [-0.3, -0.25) is 0 Å². The Kier molecular flexibility index (Phi) is 5.35. The third kappa shape index (κ3) is 4.24. The molecule has 1 atom stereocenters. The van der Waals surface area contributed by atoms with Crippen LogP contribution >= 0.6 is 0 Å². The minimum absolute atomic E-state index is 0.285. The van der Waals surface area contributed by atoms with E-state index in [1.165, 1.54) is 6.07 Å². The van der Waals surface area contributed by atoms with Gasteiger partial charge in [-0.2, -0.15) is 0 Å². The first-order valence-electron chi connectivity index (χ1n) is 5.29. The van der Waals surface area contributed by atoms with Crippen molar-refractivity contribution in [1.82, 2.24) is 5.32 Å². The monoisotopic (exact) mass is 229 g/mol. The van der Waals surface area contributed by atoms with Crippen molar-refractivity contribution in [2.75, 3.05) is 13.7 Å². The molecule has 0 radical (unpaired) electrons. The average molecular weight is 229 g/mol. The summed E-state index contributed by atoms with van der Waals surface area (Å²) in [6.07, 6.45) is 0.889. The smallest absolute Gasteiger partial charge is 0.159 e. The molecule has 0 aliphatic rings. The fourth-order valence-corrected chi connectivity index (χ4v) is 1.34. The molecular formula is C12H17F2NO. The lowest BCUT2D eigenvalue weighted by Gasteiger charge is -2.13. The van der Waals surface area contributed by atoms with Crippen LogP contribution in [0.15, 0.2) is 18.2 Å². The molecule has 0 aliphatic heterocycles. The van der Waals surface area contributed by atoms with Gasteiger partial charge in [0.1, 0.15) is 0 Å². The standard InChI is InChI=1S/C12H17F2NO/c1-9(5-6-16-2)15-8-10-3-4-11(13)12(14)7-10/h3-4,7,9,15H,5-6,8H2,1-2H3. The summed E-state index contributed by atoms with van der Waals surface area (Å²) in [6.45, 7) is 3.24. The third-order valence-electron chi connectivity index (χ3n) is 2.39. The molecule has 90 valence electrons. The lowest BCUT2D eigenvalue weighted by atomic mass is 10.2. The highest BCUT2D eigenvalue weighted by atomic mass is 19.2. The zero-order valence-corrected chi connectivity index (χ0v) is 9.59. The molecule has 0 aromatic heterocycles. The second-order valence-corrected chi connectivity index (χ2v) is 3.81. The Morgan fingerprint density at radius 3 is 2.69 bits per heavy atom. The average Bonchev–Trinajstić information content (AvgIpc) is 2.28. The van der Waals surface area contributed by atoms with Crippen LogP contribution < -0.4 is 5.32 Å². The molecule has 1 aromatic carbocycles. The number of benzene rings is 1. The van der Waals surface area contributed by atoms with Crippen LogP contribution in [0.25, 0.3) is 0 Å². The van der Waals surface area contributed by atoms with E-state index in [1.807, 2.05) is 6.92 Å². The molecule has 1 rings (SSSR count). The van der Waals surface area contributed by atoms with Gasteiger partial charge in [0.25, 0.3) is 0 Å². The SMILES string of the molecule is COCCC(C)NCc1ccc(F)c(F)c1. The maximum Gasteiger partial charge on any atom is 0.159 e. The second kappa shape index (κ2) is 6.55. The normalized spacial score (nSPS) is 12.8. The van der Waals surface area contributed by atoms with Crippen LogP contribution in [0.3, 0.4) is 0 Å². The number of halogens is 2. The van der Waals surface area contributed by atoms with Gasteiger partial charge in [-0.05, 0) is 31.0 Å². The van der Waals surface area contributed by atoms with Crippen molar-refractivity contribution in [2.45, 2.75) is 25.9 Å². The molecule has 1 unspecified atom stereocenters. The molecule has 0 heterocycles. The van der Waals surface area contributed by atoms with Gasteiger partial charge in [-0.15, -0.1) is 0 Å². The zero-order valence-electron chi connectivity index (χ0n) is 9.59. The fraction of sp³-hybridized carbons (Fsp3) is 0.500. The maximum atomic E-state index is 12.9. The molecule has 2 nitrogen and oxygen atoms in total. The Labute approximate surface area is 94.6 Å².